The van der Waals surface area contributed by atoms with Crippen LogP contribution in [0.25, 0.3) is 0 Å². The van der Waals surface area contributed by atoms with Crippen molar-refractivity contribution in [1.82, 2.24) is 5.43 Å². The summed E-state index contributed by atoms with van der Waals surface area (Å²) in [5.41, 5.74) is 3.87. The van der Waals surface area contributed by atoms with Crippen LogP contribution < -0.4 is 20.2 Å². The maximum absolute atomic E-state index is 12.1. The van der Waals surface area contributed by atoms with Crippen LogP contribution in [0.3, 0.4) is 0 Å². The molecular formula is C25H24ClN3O4S. The smallest absolute Gasteiger partial charge is 0.262 e. The van der Waals surface area contributed by atoms with E-state index < -0.39 is 0 Å². The lowest BCUT2D eigenvalue weighted by Gasteiger charge is -2.10. The van der Waals surface area contributed by atoms with Gasteiger partial charge < -0.3 is 14.8 Å². The van der Waals surface area contributed by atoms with Crippen molar-refractivity contribution in [2.45, 2.75) is 11.3 Å². The van der Waals surface area contributed by atoms with Gasteiger partial charge in [-0.05, 0) is 66.2 Å². The van der Waals surface area contributed by atoms with E-state index >= 15 is 0 Å². The molecule has 0 fully saturated rings. The molecular weight excluding hydrogens is 474 g/mol. The van der Waals surface area contributed by atoms with Gasteiger partial charge in [0.15, 0.2) is 6.61 Å². The molecule has 34 heavy (non-hydrogen) atoms. The molecule has 3 aromatic rings. The largest absolute Gasteiger partial charge is 0.495 e. The van der Waals surface area contributed by atoms with E-state index in [0.29, 0.717) is 34.4 Å². The minimum absolute atomic E-state index is 0.143. The minimum atomic E-state index is -0.299. The van der Waals surface area contributed by atoms with Crippen LogP contribution in [0.4, 0.5) is 5.69 Å². The third-order valence-electron chi connectivity index (χ3n) is 4.45. The zero-order valence-corrected chi connectivity index (χ0v) is 20.1. The van der Waals surface area contributed by atoms with Gasteiger partial charge in [-0.2, -0.15) is 5.10 Å². The molecule has 0 saturated heterocycles. The number of hydrogen-bond donors (Lipinski definition) is 2. The van der Waals surface area contributed by atoms with Crippen molar-refractivity contribution >= 4 is 47.1 Å². The van der Waals surface area contributed by atoms with E-state index in [1.807, 2.05) is 36.4 Å². The molecule has 0 saturated carbocycles. The molecule has 0 spiro atoms. The molecule has 9 heteroatoms. The van der Waals surface area contributed by atoms with E-state index in [4.69, 9.17) is 21.1 Å². The van der Waals surface area contributed by atoms with Crippen molar-refractivity contribution in [1.29, 1.82) is 0 Å². The van der Waals surface area contributed by atoms with Crippen LogP contribution in [0, 0.1) is 0 Å². The number of ether oxygens (including phenoxy) is 2. The minimum Gasteiger partial charge on any atom is -0.495 e. The summed E-state index contributed by atoms with van der Waals surface area (Å²) >= 11 is 7.44. The third-order valence-corrected chi connectivity index (χ3v) is 5.71. The fourth-order valence-corrected chi connectivity index (χ4v) is 3.74. The number of hydrazone groups is 1. The number of hydrogen-bond acceptors (Lipinski definition) is 6. The summed E-state index contributed by atoms with van der Waals surface area (Å²) < 4.78 is 10.7. The number of thioether (sulfide) groups is 1. The van der Waals surface area contributed by atoms with Crippen molar-refractivity contribution in [2.75, 3.05) is 24.8 Å². The van der Waals surface area contributed by atoms with E-state index in [9.17, 15) is 9.59 Å². The highest BCUT2D eigenvalue weighted by Gasteiger charge is 2.08. The predicted molar refractivity (Wildman–Crippen MR) is 136 cm³/mol. The molecule has 0 atom stereocenters. The van der Waals surface area contributed by atoms with Gasteiger partial charge in [0.2, 0.25) is 5.91 Å². The van der Waals surface area contributed by atoms with Crippen LogP contribution >= 0.6 is 23.4 Å². The number of benzene rings is 3. The highest BCUT2D eigenvalue weighted by Crippen LogP contribution is 2.23. The van der Waals surface area contributed by atoms with Crippen molar-refractivity contribution in [2.24, 2.45) is 5.10 Å². The predicted octanol–water partition coefficient (Wildman–Crippen LogP) is 5.00. The molecule has 2 amide bonds. The Morgan fingerprint density at radius 3 is 2.47 bits per heavy atom. The van der Waals surface area contributed by atoms with Crippen LogP contribution in [-0.4, -0.2) is 37.5 Å². The van der Waals surface area contributed by atoms with E-state index in [1.165, 1.54) is 0 Å². The van der Waals surface area contributed by atoms with Gasteiger partial charge in [0.1, 0.15) is 11.5 Å². The maximum atomic E-state index is 12.1. The zero-order valence-electron chi connectivity index (χ0n) is 18.5. The van der Waals surface area contributed by atoms with Crippen molar-refractivity contribution in [3.63, 3.8) is 0 Å². The van der Waals surface area contributed by atoms with E-state index in [-0.39, 0.29) is 18.4 Å². The quantitative estimate of drug-likeness (QED) is 0.221. The topological polar surface area (TPSA) is 89.0 Å². The van der Waals surface area contributed by atoms with Gasteiger partial charge in [-0.15, -0.1) is 11.8 Å². The Bertz CT molecular complexity index is 1120. The first-order valence-corrected chi connectivity index (χ1v) is 11.8. The summed E-state index contributed by atoms with van der Waals surface area (Å²) in [4.78, 5) is 25.1. The molecule has 7 nitrogen and oxygen atoms in total. The van der Waals surface area contributed by atoms with Crippen molar-refractivity contribution in [3.05, 3.63) is 83.4 Å². The number of para-hydroxylation sites is 2. The third kappa shape index (κ3) is 8.46. The maximum Gasteiger partial charge on any atom is 0.262 e. The summed E-state index contributed by atoms with van der Waals surface area (Å²) in [5, 5.41) is 7.41. The van der Waals surface area contributed by atoms with Crippen molar-refractivity contribution in [3.8, 4) is 11.5 Å². The Labute approximate surface area is 207 Å². The van der Waals surface area contributed by atoms with Gasteiger partial charge in [-0.25, -0.2) is 5.43 Å². The average Bonchev–Trinajstić information content (AvgIpc) is 2.85. The highest BCUT2D eigenvalue weighted by atomic mass is 35.5. The summed E-state index contributed by atoms with van der Waals surface area (Å²) in [6, 6.07) is 21.6. The Hall–Kier alpha value is -3.49. The second-order valence-corrected chi connectivity index (χ2v) is 8.56. The molecule has 176 valence electrons. The molecule has 2 N–H and O–H groups in total. The first kappa shape index (κ1) is 25.1. The van der Waals surface area contributed by atoms with E-state index in [2.05, 4.69) is 15.8 Å². The number of methoxy groups -OCH3 is 1. The lowest BCUT2D eigenvalue weighted by atomic mass is 10.2. The zero-order chi connectivity index (χ0) is 24.2. The fourth-order valence-electron chi connectivity index (χ4n) is 2.76. The van der Waals surface area contributed by atoms with Gasteiger partial charge in [0, 0.05) is 22.1 Å². The summed E-state index contributed by atoms with van der Waals surface area (Å²) in [6.07, 6.45) is 1.89. The van der Waals surface area contributed by atoms with Gasteiger partial charge in [0.25, 0.3) is 5.91 Å². The number of nitrogens with one attached hydrogen (secondary N) is 2. The number of amides is 2. The number of nitrogens with zero attached hydrogens (tertiary/aromatic N) is 1. The Morgan fingerprint density at radius 1 is 1.00 bits per heavy atom. The Morgan fingerprint density at radius 2 is 1.74 bits per heavy atom. The highest BCUT2D eigenvalue weighted by molar-refractivity contribution is 7.99. The second-order valence-electron chi connectivity index (χ2n) is 6.95. The lowest BCUT2D eigenvalue weighted by molar-refractivity contribution is -0.120. The van der Waals surface area contributed by atoms with Crippen molar-refractivity contribution < 1.29 is 19.1 Å². The van der Waals surface area contributed by atoms with E-state index in [1.54, 1.807) is 61.5 Å². The first-order valence-electron chi connectivity index (χ1n) is 10.4. The molecule has 0 aliphatic carbocycles. The van der Waals surface area contributed by atoms with Crippen LogP contribution in [-0.2, 0) is 9.59 Å². The van der Waals surface area contributed by atoms with Gasteiger partial charge in [0.05, 0.1) is 19.0 Å². The van der Waals surface area contributed by atoms with Gasteiger partial charge in [-0.1, -0.05) is 23.7 Å². The Balaban J connectivity index is 1.37. The molecule has 3 aromatic carbocycles. The van der Waals surface area contributed by atoms with Crippen LogP contribution in [0.15, 0.2) is 82.8 Å². The average molecular weight is 498 g/mol. The molecule has 0 unspecified atom stereocenters. The van der Waals surface area contributed by atoms with Gasteiger partial charge in [-0.3, -0.25) is 9.59 Å². The number of anilines is 1. The van der Waals surface area contributed by atoms with E-state index in [0.717, 1.165) is 10.5 Å². The fraction of sp³-hybridized carbons (Fsp3) is 0.160. The van der Waals surface area contributed by atoms with Crippen LogP contribution in [0.1, 0.15) is 12.0 Å². The molecule has 0 bridgehead atoms. The molecule has 0 heterocycles. The number of rotatable bonds is 11. The molecule has 0 radical (unpaired) electrons. The number of carbonyl (C=O) groups excluding carboxylic acids is 2. The molecule has 0 aromatic heterocycles. The number of halogens is 1. The standard InChI is InChI=1S/C25H24ClN3O4S/c1-32-23-5-3-2-4-22(23)28-25(31)17-33-20-10-6-18(7-11-20)16-27-29-24(30)14-15-34-21-12-8-19(26)9-13-21/h2-13,16H,14-15,17H2,1H3,(H,28,31)(H,29,30)/b27-16-. The normalized spacial score (nSPS) is 10.6. The number of carbonyl (C=O) groups is 2. The monoisotopic (exact) mass is 497 g/mol. The summed E-state index contributed by atoms with van der Waals surface area (Å²) in [7, 11) is 1.54. The van der Waals surface area contributed by atoms with Crippen LogP contribution in [0.2, 0.25) is 5.02 Å². The molecule has 0 aliphatic heterocycles. The Kier molecular flexibility index (Phi) is 9.81. The SMILES string of the molecule is COc1ccccc1NC(=O)COc1ccc(/C=N\NC(=O)CCSc2ccc(Cl)cc2)cc1. The summed E-state index contributed by atoms with van der Waals surface area (Å²) in [6.45, 7) is -0.143. The summed E-state index contributed by atoms with van der Waals surface area (Å²) in [5.74, 6) is 1.29. The van der Waals surface area contributed by atoms with Crippen LogP contribution in [0.5, 0.6) is 11.5 Å². The first-order chi connectivity index (χ1) is 16.5. The molecule has 0 aliphatic rings. The lowest BCUT2D eigenvalue weighted by Crippen LogP contribution is -2.20. The second kappa shape index (κ2) is 13.3. The van der Waals surface area contributed by atoms with Gasteiger partial charge >= 0.3 is 0 Å². The molecule has 3 rings (SSSR count).